The van der Waals surface area contributed by atoms with Crippen molar-refractivity contribution in [1.29, 1.82) is 0 Å². The summed E-state index contributed by atoms with van der Waals surface area (Å²) >= 11 is 5.96. The number of aryl methyl sites for hydroxylation is 1. The summed E-state index contributed by atoms with van der Waals surface area (Å²) < 4.78 is 5.46. The van der Waals surface area contributed by atoms with Gasteiger partial charge in [0.2, 0.25) is 5.91 Å². The van der Waals surface area contributed by atoms with Crippen molar-refractivity contribution in [2.75, 3.05) is 19.6 Å². The van der Waals surface area contributed by atoms with Crippen LogP contribution in [0.1, 0.15) is 52.0 Å². The highest BCUT2D eigenvalue weighted by Crippen LogP contribution is 2.21. The van der Waals surface area contributed by atoms with Crippen LogP contribution in [0.25, 0.3) is 0 Å². The molecule has 27 heavy (non-hydrogen) atoms. The normalized spacial score (nSPS) is 17.5. The van der Waals surface area contributed by atoms with Gasteiger partial charge in [0.1, 0.15) is 5.60 Å². The van der Waals surface area contributed by atoms with Gasteiger partial charge >= 0.3 is 6.09 Å². The number of carbonyl (C=O) groups is 2. The van der Waals surface area contributed by atoms with Crippen LogP contribution in [0, 0.1) is 5.92 Å². The highest BCUT2D eigenvalue weighted by Gasteiger charge is 2.27. The Kier molecular flexibility index (Phi) is 7.96. The molecule has 150 valence electrons. The van der Waals surface area contributed by atoms with Gasteiger partial charge in [0, 0.05) is 31.1 Å². The quantitative estimate of drug-likeness (QED) is 0.776. The fourth-order valence-electron chi connectivity index (χ4n) is 3.25. The van der Waals surface area contributed by atoms with Gasteiger partial charge in [0.05, 0.1) is 0 Å². The summed E-state index contributed by atoms with van der Waals surface area (Å²) in [5, 5.41) is 3.68. The zero-order valence-corrected chi connectivity index (χ0v) is 17.3. The molecule has 0 aromatic heterocycles. The summed E-state index contributed by atoms with van der Waals surface area (Å²) in [4.78, 5) is 26.0. The van der Waals surface area contributed by atoms with Crippen molar-refractivity contribution in [1.82, 2.24) is 10.2 Å². The third-order valence-electron chi connectivity index (χ3n) is 4.58. The molecule has 0 bridgehead atoms. The van der Waals surface area contributed by atoms with Gasteiger partial charge in [-0.15, -0.1) is 0 Å². The van der Waals surface area contributed by atoms with Crippen LogP contribution in [-0.2, 0) is 16.0 Å². The molecule has 1 unspecified atom stereocenters. The number of hydrogen-bond donors (Lipinski definition) is 1. The van der Waals surface area contributed by atoms with Crippen LogP contribution in [0.4, 0.5) is 4.79 Å². The highest BCUT2D eigenvalue weighted by atomic mass is 35.5. The number of ether oxygens (including phenoxy) is 1. The molecule has 1 saturated heterocycles. The van der Waals surface area contributed by atoms with Gasteiger partial charge in [-0.25, -0.2) is 4.79 Å². The Bertz CT molecular complexity index is 643. The molecule has 2 amide bonds. The molecule has 0 aliphatic carbocycles. The minimum absolute atomic E-state index is 0.0507. The maximum absolute atomic E-state index is 12.2. The van der Waals surface area contributed by atoms with E-state index in [0.717, 1.165) is 31.4 Å². The molecule has 1 N–H and O–H groups in total. The van der Waals surface area contributed by atoms with Crippen LogP contribution in [0.15, 0.2) is 24.3 Å². The summed E-state index contributed by atoms with van der Waals surface area (Å²) in [6.07, 6.45) is 3.84. The second-order valence-electron chi connectivity index (χ2n) is 8.20. The van der Waals surface area contributed by atoms with Crippen LogP contribution < -0.4 is 5.32 Å². The Morgan fingerprint density at radius 3 is 2.81 bits per heavy atom. The lowest BCUT2D eigenvalue weighted by Gasteiger charge is -2.34. The van der Waals surface area contributed by atoms with Crippen molar-refractivity contribution in [2.45, 2.75) is 58.5 Å². The lowest BCUT2D eigenvalue weighted by atomic mass is 9.95. The molecule has 0 radical (unpaired) electrons. The molecule has 1 aromatic rings. The lowest BCUT2D eigenvalue weighted by Crippen LogP contribution is -2.43. The summed E-state index contributed by atoms with van der Waals surface area (Å²) in [6, 6.07) is 7.60. The third-order valence-corrected chi connectivity index (χ3v) is 4.81. The predicted molar refractivity (Wildman–Crippen MR) is 108 cm³/mol. The standard InChI is InChI=1S/C21H31ClN2O3/c1-21(2,3)27-20(26)24-13-5-7-17(15-24)11-12-23-19(25)10-9-16-6-4-8-18(22)14-16/h4,6,8,14,17H,5,7,9-13,15H2,1-3H3,(H,23,25). The van der Waals surface area contributed by atoms with E-state index in [1.165, 1.54) is 0 Å². The number of hydrogen-bond acceptors (Lipinski definition) is 3. The van der Waals surface area contributed by atoms with Gasteiger partial charge in [0.15, 0.2) is 0 Å². The maximum Gasteiger partial charge on any atom is 0.410 e. The first-order valence-corrected chi connectivity index (χ1v) is 10.1. The summed E-state index contributed by atoms with van der Waals surface area (Å²) in [5.41, 5.74) is 0.596. The average Bonchev–Trinajstić information content (AvgIpc) is 2.59. The van der Waals surface area contributed by atoms with Gasteiger partial charge in [-0.2, -0.15) is 0 Å². The van der Waals surface area contributed by atoms with Crippen molar-refractivity contribution in [3.63, 3.8) is 0 Å². The minimum Gasteiger partial charge on any atom is -0.444 e. The predicted octanol–water partition coefficient (Wildman–Crippen LogP) is 4.43. The molecule has 1 aliphatic heterocycles. The Labute approximate surface area is 167 Å². The molecular formula is C21H31ClN2O3. The zero-order chi connectivity index (χ0) is 19.9. The number of likely N-dealkylation sites (tertiary alicyclic amines) is 1. The highest BCUT2D eigenvalue weighted by molar-refractivity contribution is 6.30. The van der Waals surface area contributed by atoms with E-state index in [4.69, 9.17) is 16.3 Å². The van der Waals surface area contributed by atoms with E-state index >= 15 is 0 Å². The number of nitrogens with one attached hydrogen (secondary N) is 1. The van der Waals surface area contributed by atoms with Crippen molar-refractivity contribution in [3.8, 4) is 0 Å². The van der Waals surface area contributed by atoms with E-state index in [-0.39, 0.29) is 12.0 Å². The van der Waals surface area contributed by atoms with E-state index in [1.807, 2.05) is 45.0 Å². The van der Waals surface area contributed by atoms with E-state index < -0.39 is 5.60 Å². The molecule has 1 aromatic carbocycles. The molecule has 6 heteroatoms. The first kappa shape index (κ1) is 21.5. The van der Waals surface area contributed by atoms with Crippen LogP contribution in [0.5, 0.6) is 0 Å². The molecule has 1 fully saturated rings. The number of halogens is 1. The number of nitrogens with zero attached hydrogens (tertiary/aromatic N) is 1. The van der Waals surface area contributed by atoms with E-state index in [9.17, 15) is 9.59 Å². The summed E-state index contributed by atoms with van der Waals surface area (Å²) in [7, 11) is 0. The van der Waals surface area contributed by atoms with E-state index in [2.05, 4.69) is 5.32 Å². The number of carbonyl (C=O) groups excluding carboxylic acids is 2. The van der Waals surface area contributed by atoms with Crippen LogP contribution in [0.3, 0.4) is 0 Å². The van der Waals surface area contributed by atoms with Crippen molar-refractivity contribution >= 4 is 23.6 Å². The molecule has 1 atom stereocenters. The molecule has 5 nitrogen and oxygen atoms in total. The largest absolute Gasteiger partial charge is 0.444 e. The number of benzene rings is 1. The second-order valence-corrected chi connectivity index (χ2v) is 8.64. The number of piperidine rings is 1. The first-order valence-electron chi connectivity index (χ1n) is 9.72. The SMILES string of the molecule is CC(C)(C)OC(=O)N1CCCC(CCNC(=O)CCc2cccc(Cl)c2)C1. The number of amides is 2. The summed E-state index contributed by atoms with van der Waals surface area (Å²) in [6.45, 7) is 7.73. The molecule has 0 spiro atoms. The van der Waals surface area contributed by atoms with Gasteiger partial charge < -0.3 is 15.0 Å². The fourth-order valence-corrected chi connectivity index (χ4v) is 3.46. The van der Waals surface area contributed by atoms with E-state index in [0.29, 0.717) is 36.9 Å². The molecule has 1 heterocycles. The maximum atomic E-state index is 12.2. The Morgan fingerprint density at radius 2 is 2.11 bits per heavy atom. The summed E-state index contributed by atoms with van der Waals surface area (Å²) in [5.74, 6) is 0.453. The van der Waals surface area contributed by atoms with Crippen molar-refractivity contribution in [2.24, 2.45) is 5.92 Å². The molecule has 0 saturated carbocycles. The second kappa shape index (κ2) is 9.98. The van der Waals surface area contributed by atoms with Crippen LogP contribution in [0.2, 0.25) is 5.02 Å². The Morgan fingerprint density at radius 1 is 1.33 bits per heavy atom. The minimum atomic E-state index is -0.471. The van der Waals surface area contributed by atoms with Crippen molar-refractivity contribution < 1.29 is 14.3 Å². The fraction of sp³-hybridized carbons (Fsp3) is 0.619. The van der Waals surface area contributed by atoms with Gasteiger partial charge in [-0.05, 0) is 70.1 Å². The van der Waals surface area contributed by atoms with E-state index in [1.54, 1.807) is 4.90 Å². The van der Waals surface area contributed by atoms with Gasteiger partial charge in [-0.1, -0.05) is 23.7 Å². The topological polar surface area (TPSA) is 58.6 Å². The van der Waals surface area contributed by atoms with Gasteiger partial charge in [0.25, 0.3) is 0 Å². The van der Waals surface area contributed by atoms with Crippen LogP contribution in [-0.4, -0.2) is 42.1 Å². The lowest BCUT2D eigenvalue weighted by molar-refractivity contribution is -0.121. The van der Waals surface area contributed by atoms with Crippen LogP contribution >= 0.6 is 11.6 Å². The average molecular weight is 395 g/mol. The molecule has 2 rings (SSSR count). The molecular weight excluding hydrogens is 364 g/mol. The van der Waals surface area contributed by atoms with Gasteiger partial charge in [-0.3, -0.25) is 4.79 Å². The smallest absolute Gasteiger partial charge is 0.410 e. The monoisotopic (exact) mass is 394 g/mol. The molecule has 1 aliphatic rings. The van der Waals surface area contributed by atoms with Crippen molar-refractivity contribution in [3.05, 3.63) is 34.9 Å². The zero-order valence-electron chi connectivity index (χ0n) is 16.6. The number of rotatable bonds is 6. The Hall–Kier alpha value is -1.75. The third kappa shape index (κ3) is 8.21. The first-order chi connectivity index (χ1) is 12.7. The Balaban J connectivity index is 1.67.